The zero-order chi connectivity index (χ0) is 29.3. The van der Waals surface area contributed by atoms with Crippen LogP contribution in [0, 0.1) is 5.92 Å². The van der Waals surface area contributed by atoms with Gasteiger partial charge in [-0.1, -0.05) is 61.8 Å². The third-order valence-corrected chi connectivity index (χ3v) is 8.35. The fourth-order valence-corrected chi connectivity index (χ4v) is 5.60. The van der Waals surface area contributed by atoms with Gasteiger partial charge in [-0.25, -0.2) is 8.42 Å². The first-order chi connectivity index (χ1) is 19.0. The van der Waals surface area contributed by atoms with Crippen molar-refractivity contribution in [1.29, 1.82) is 0 Å². The van der Waals surface area contributed by atoms with Crippen molar-refractivity contribution >= 4 is 39.1 Å². The van der Waals surface area contributed by atoms with Crippen LogP contribution in [0.2, 0.25) is 5.02 Å². The zero-order valence-corrected chi connectivity index (χ0v) is 24.8. The maximum atomic E-state index is 13.9. The maximum absolute atomic E-state index is 13.9. The molecule has 0 fully saturated rings. The molecule has 0 spiro atoms. The molecule has 40 heavy (non-hydrogen) atoms. The summed E-state index contributed by atoms with van der Waals surface area (Å²) in [5.41, 5.74) is 0.926. The molecule has 0 saturated heterocycles. The summed E-state index contributed by atoms with van der Waals surface area (Å²) in [4.78, 5) is 28.4. The van der Waals surface area contributed by atoms with Crippen LogP contribution in [0.3, 0.4) is 0 Å². The van der Waals surface area contributed by atoms with Gasteiger partial charge < -0.3 is 15.0 Å². The first-order valence-corrected chi connectivity index (χ1v) is 15.0. The molecule has 3 rings (SSSR count). The molecule has 0 bridgehead atoms. The summed E-state index contributed by atoms with van der Waals surface area (Å²) in [5.74, 6) is -0.103. The lowest BCUT2D eigenvalue weighted by atomic mass is 10.1. The lowest BCUT2D eigenvalue weighted by Gasteiger charge is -2.32. The predicted molar refractivity (Wildman–Crippen MR) is 158 cm³/mol. The molecule has 0 unspecified atom stereocenters. The summed E-state index contributed by atoms with van der Waals surface area (Å²) >= 11 is 6.40. The Hall–Kier alpha value is -3.56. The summed E-state index contributed by atoms with van der Waals surface area (Å²) in [5, 5.41) is 3.31. The van der Waals surface area contributed by atoms with Gasteiger partial charge in [-0.3, -0.25) is 13.9 Å². The zero-order valence-electron chi connectivity index (χ0n) is 23.2. The molecule has 0 radical (unpaired) electrons. The van der Waals surface area contributed by atoms with Crippen molar-refractivity contribution in [2.75, 3.05) is 24.0 Å². The molecule has 10 heteroatoms. The van der Waals surface area contributed by atoms with Gasteiger partial charge in [0.25, 0.3) is 10.0 Å². The van der Waals surface area contributed by atoms with Crippen LogP contribution in [0.5, 0.6) is 5.75 Å². The second-order valence-electron chi connectivity index (χ2n) is 9.68. The highest BCUT2D eigenvalue weighted by atomic mass is 35.5. The van der Waals surface area contributed by atoms with E-state index in [1.165, 1.54) is 17.0 Å². The first kappa shape index (κ1) is 31.0. The molecular formula is C30H36ClN3O5S. The van der Waals surface area contributed by atoms with Gasteiger partial charge in [0.1, 0.15) is 18.3 Å². The van der Waals surface area contributed by atoms with Gasteiger partial charge in [0, 0.05) is 18.1 Å². The van der Waals surface area contributed by atoms with Crippen molar-refractivity contribution < 1.29 is 22.7 Å². The summed E-state index contributed by atoms with van der Waals surface area (Å²) in [6, 6.07) is 20.6. The van der Waals surface area contributed by atoms with Crippen molar-refractivity contribution in [3.05, 3.63) is 89.4 Å². The van der Waals surface area contributed by atoms with Crippen LogP contribution < -0.4 is 14.4 Å². The van der Waals surface area contributed by atoms with Crippen LogP contribution in [-0.2, 0) is 26.2 Å². The Morgan fingerprint density at radius 3 is 2.15 bits per heavy atom. The number of hydrogen-bond donors (Lipinski definition) is 1. The van der Waals surface area contributed by atoms with Crippen molar-refractivity contribution in [3.8, 4) is 5.75 Å². The molecule has 0 heterocycles. The molecule has 0 aromatic heterocycles. The second-order valence-corrected chi connectivity index (χ2v) is 11.9. The predicted octanol–water partition coefficient (Wildman–Crippen LogP) is 5.12. The average Bonchev–Trinajstić information content (AvgIpc) is 2.94. The van der Waals surface area contributed by atoms with Crippen LogP contribution in [0.1, 0.15) is 33.3 Å². The number of nitrogens with zero attached hydrogens (tertiary/aromatic N) is 2. The number of hydrogen-bond acceptors (Lipinski definition) is 5. The van der Waals surface area contributed by atoms with Crippen molar-refractivity contribution in [3.63, 3.8) is 0 Å². The number of anilines is 1. The molecule has 1 atom stereocenters. The van der Waals surface area contributed by atoms with Crippen molar-refractivity contribution in [2.24, 2.45) is 5.92 Å². The number of amides is 2. The molecule has 3 aromatic carbocycles. The van der Waals surface area contributed by atoms with E-state index in [1.54, 1.807) is 73.7 Å². The molecule has 1 N–H and O–H groups in total. The van der Waals surface area contributed by atoms with E-state index < -0.39 is 28.5 Å². The number of sulfonamides is 1. The van der Waals surface area contributed by atoms with Crippen LogP contribution in [0.15, 0.2) is 83.8 Å². The first-order valence-electron chi connectivity index (χ1n) is 13.2. The third kappa shape index (κ3) is 7.99. The molecule has 2 amide bonds. The number of rotatable bonds is 13. The summed E-state index contributed by atoms with van der Waals surface area (Å²) in [6.45, 7) is 7.81. The minimum atomic E-state index is -4.14. The molecule has 8 nitrogen and oxygen atoms in total. The minimum absolute atomic E-state index is 0.0251. The lowest BCUT2D eigenvalue weighted by molar-refractivity contribution is -0.139. The van der Waals surface area contributed by atoms with Crippen LogP contribution in [-0.4, -0.2) is 50.9 Å². The van der Waals surface area contributed by atoms with Gasteiger partial charge in [-0.05, 0) is 67.8 Å². The molecular weight excluding hydrogens is 550 g/mol. The van der Waals surface area contributed by atoms with Gasteiger partial charge in [0.15, 0.2) is 0 Å². The number of benzene rings is 3. The fourth-order valence-electron chi connectivity index (χ4n) is 3.97. The van der Waals surface area contributed by atoms with E-state index in [4.69, 9.17) is 16.3 Å². The Morgan fingerprint density at radius 2 is 1.55 bits per heavy atom. The maximum Gasteiger partial charge on any atom is 0.264 e. The molecule has 0 aliphatic carbocycles. The standard InChI is InChI=1S/C30H36ClN3O5S/c1-5-39-26-17-15-25(16-18-26)34(40(37,38)27-12-7-6-8-13-27)21-29(35)33(20-24-11-9-10-14-28(24)31)23(4)30(36)32-19-22(2)3/h6-18,22-23H,5,19-21H2,1-4H3,(H,32,36)/t23-/m0/s1. The second kappa shape index (κ2) is 14.2. The third-order valence-electron chi connectivity index (χ3n) is 6.20. The van der Waals surface area contributed by atoms with Crippen molar-refractivity contribution in [2.45, 2.75) is 45.2 Å². The summed E-state index contributed by atoms with van der Waals surface area (Å²) in [7, 11) is -4.14. The van der Waals surface area contributed by atoms with Crippen LogP contribution >= 0.6 is 11.6 Å². The van der Waals surface area contributed by atoms with Gasteiger partial charge in [-0.15, -0.1) is 0 Å². The number of nitrogens with one attached hydrogen (secondary N) is 1. The van der Waals surface area contributed by atoms with E-state index >= 15 is 0 Å². The fraction of sp³-hybridized carbons (Fsp3) is 0.333. The Morgan fingerprint density at radius 1 is 0.925 bits per heavy atom. The quantitative estimate of drug-likeness (QED) is 0.300. The highest BCUT2D eigenvalue weighted by Crippen LogP contribution is 2.27. The van der Waals surface area contributed by atoms with E-state index in [2.05, 4.69) is 5.32 Å². The Labute approximate surface area is 241 Å². The Bertz CT molecular complexity index is 1380. The number of carbonyl (C=O) groups excluding carboxylic acids is 2. The van der Waals surface area contributed by atoms with Crippen LogP contribution in [0.25, 0.3) is 0 Å². The largest absolute Gasteiger partial charge is 0.494 e. The topological polar surface area (TPSA) is 96.0 Å². The average molecular weight is 586 g/mol. The number of carbonyl (C=O) groups is 2. The highest BCUT2D eigenvalue weighted by Gasteiger charge is 2.32. The number of halogens is 1. The monoisotopic (exact) mass is 585 g/mol. The van der Waals surface area contributed by atoms with Gasteiger partial charge >= 0.3 is 0 Å². The summed E-state index contributed by atoms with van der Waals surface area (Å²) < 4.78 is 34.2. The number of ether oxygens (including phenoxy) is 1. The lowest BCUT2D eigenvalue weighted by Crippen LogP contribution is -2.51. The van der Waals surface area contributed by atoms with E-state index in [0.29, 0.717) is 29.5 Å². The SMILES string of the molecule is CCOc1ccc(N(CC(=O)N(Cc2ccccc2Cl)[C@@H](C)C(=O)NCC(C)C)S(=O)(=O)c2ccccc2)cc1. The minimum Gasteiger partial charge on any atom is -0.494 e. The highest BCUT2D eigenvalue weighted by molar-refractivity contribution is 7.92. The normalized spacial score (nSPS) is 12.1. The van der Waals surface area contributed by atoms with E-state index in [0.717, 1.165) is 4.31 Å². The van der Waals surface area contributed by atoms with Gasteiger partial charge in [0.05, 0.1) is 17.2 Å². The van der Waals surface area contributed by atoms with E-state index in [-0.39, 0.29) is 29.0 Å². The smallest absolute Gasteiger partial charge is 0.264 e. The molecule has 3 aromatic rings. The Balaban J connectivity index is 2.01. The van der Waals surface area contributed by atoms with Crippen LogP contribution in [0.4, 0.5) is 5.69 Å². The van der Waals surface area contributed by atoms with Gasteiger partial charge in [0.2, 0.25) is 11.8 Å². The molecule has 0 aliphatic rings. The molecule has 0 aliphatic heterocycles. The van der Waals surface area contributed by atoms with Crippen molar-refractivity contribution in [1.82, 2.24) is 10.2 Å². The summed E-state index contributed by atoms with van der Waals surface area (Å²) in [6.07, 6.45) is 0. The molecule has 214 valence electrons. The van der Waals surface area contributed by atoms with E-state index in [9.17, 15) is 18.0 Å². The Kier molecular flexibility index (Phi) is 11.0. The molecule has 0 saturated carbocycles. The van der Waals surface area contributed by atoms with Gasteiger partial charge in [-0.2, -0.15) is 0 Å². The van der Waals surface area contributed by atoms with E-state index in [1.807, 2.05) is 20.8 Å².